The van der Waals surface area contributed by atoms with Crippen molar-refractivity contribution in [2.45, 2.75) is 13.0 Å². The van der Waals surface area contributed by atoms with Gasteiger partial charge in [-0.1, -0.05) is 0 Å². The molecule has 0 aliphatic carbocycles. The van der Waals surface area contributed by atoms with Crippen molar-refractivity contribution in [2.24, 2.45) is 0 Å². The molecule has 1 heterocycles. The summed E-state index contributed by atoms with van der Waals surface area (Å²) in [5, 5.41) is 19.5. The van der Waals surface area contributed by atoms with Crippen LogP contribution in [0.5, 0.6) is 0 Å². The van der Waals surface area contributed by atoms with Crippen LogP contribution in [-0.2, 0) is 4.79 Å². The molecule has 0 radical (unpaired) electrons. The second-order valence-electron chi connectivity index (χ2n) is 3.00. The van der Waals surface area contributed by atoms with Crippen molar-refractivity contribution in [1.82, 2.24) is 5.32 Å². The summed E-state index contributed by atoms with van der Waals surface area (Å²) in [6.45, 7) is 1.33. The Morgan fingerprint density at radius 2 is 2.27 bits per heavy atom. The summed E-state index contributed by atoms with van der Waals surface area (Å²) in [5.41, 5.74) is 0.650. The molecule has 82 valence electrons. The maximum Gasteiger partial charge on any atom is 0.334 e. The summed E-state index contributed by atoms with van der Waals surface area (Å²) in [7, 11) is 0. The van der Waals surface area contributed by atoms with Gasteiger partial charge in [0.05, 0.1) is 12.8 Å². The number of aliphatic carboxylic acids is 1. The highest BCUT2D eigenvalue weighted by Crippen LogP contribution is 2.07. The predicted octanol–water partition coefficient (Wildman–Crippen LogP) is -0.237. The molecule has 0 fully saturated rings. The van der Waals surface area contributed by atoms with Crippen LogP contribution in [0.25, 0.3) is 0 Å². The zero-order chi connectivity index (χ0) is 11.4. The van der Waals surface area contributed by atoms with Crippen molar-refractivity contribution >= 4 is 11.9 Å². The second kappa shape index (κ2) is 4.61. The molecular weight excluding hydrogens is 202 g/mol. The number of carbonyl (C=O) groups excluding carboxylic acids is 1. The van der Waals surface area contributed by atoms with Crippen LogP contribution in [0.4, 0.5) is 0 Å². The third-order valence-corrected chi connectivity index (χ3v) is 1.81. The summed E-state index contributed by atoms with van der Waals surface area (Å²) < 4.78 is 4.88. The van der Waals surface area contributed by atoms with Crippen LogP contribution in [0.2, 0.25) is 0 Å². The van der Waals surface area contributed by atoms with Gasteiger partial charge in [0.15, 0.2) is 11.9 Å². The number of hydrogen-bond donors (Lipinski definition) is 3. The van der Waals surface area contributed by atoms with Crippen molar-refractivity contribution in [3.63, 3.8) is 0 Å². The van der Waals surface area contributed by atoms with Gasteiger partial charge in [-0.25, -0.2) is 4.79 Å². The fourth-order valence-electron chi connectivity index (χ4n) is 0.962. The lowest BCUT2D eigenvalue weighted by Crippen LogP contribution is -2.36. The van der Waals surface area contributed by atoms with Crippen LogP contribution < -0.4 is 5.32 Å². The lowest BCUT2D eigenvalue weighted by atomic mass is 10.2. The van der Waals surface area contributed by atoms with E-state index in [0.717, 1.165) is 0 Å². The molecule has 6 nitrogen and oxygen atoms in total. The molecular formula is C9H11NO5. The van der Waals surface area contributed by atoms with Crippen molar-refractivity contribution in [1.29, 1.82) is 0 Å². The fraction of sp³-hybridized carbons (Fsp3) is 0.333. The number of carboxylic acids is 1. The Hall–Kier alpha value is -1.82. The van der Waals surface area contributed by atoms with Crippen molar-refractivity contribution in [2.75, 3.05) is 6.54 Å². The number of hydrogen-bond acceptors (Lipinski definition) is 4. The molecule has 0 saturated carbocycles. The van der Waals surface area contributed by atoms with E-state index in [0.29, 0.717) is 5.56 Å². The first-order chi connectivity index (χ1) is 7.02. The molecule has 1 amide bonds. The highest BCUT2D eigenvalue weighted by atomic mass is 16.4. The van der Waals surface area contributed by atoms with E-state index in [1.165, 1.54) is 6.26 Å². The molecule has 15 heavy (non-hydrogen) atoms. The first kappa shape index (κ1) is 11.3. The largest absolute Gasteiger partial charge is 0.479 e. The number of amides is 1. The Balaban J connectivity index is 2.51. The first-order valence-electron chi connectivity index (χ1n) is 4.25. The van der Waals surface area contributed by atoms with E-state index in [2.05, 4.69) is 5.32 Å². The van der Waals surface area contributed by atoms with E-state index in [4.69, 9.17) is 14.6 Å². The quantitative estimate of drug-likeness (QED) is 0.641. The predicted molar refractivity (Wildman–Crippen MR) is 49.4 cm³/mol. The lowest BCUT2D eigenvalue weighted by molar-refractivity contribution is -0.146. The van der Waals surface area contributed by atoms with E-state index in [1.807, 2.05) is 0 Å². The van der Waals surface area contributed by atoms with Crippen LogP contribution >= 0.6 is 0 Å². The van der Waals surface area contributed by atoms with Crippen LogP contribution in [0.3, 0.4) is 0 Å². The van der Waals surface area contributed by atoms with Crippen molar-refractivity contribution in [3.8, 4) is 0 Å². The summed E-state index contributed by atoms with van der Waals surface area (Å²) in [6.07, 6.45) is -0.248. The number of furan rings is 1. The van der Waals surface area contributed by atoms with E-state index >= 15 is 0 Å². The maximum atomic E-state index is 11.3. The minimum Gasteiger partial charge on any atom is -0.479 e. The lowest BCUT2D eigenvalue weighted by Gasteiger charge is -2.06. The zero-order valence-corrected chi connectivity index (χ0v) is 8.06. The van der Waals surface area contributed by atoms with Gasteiger partial charge in [0.1, 0.15) is 0 Å². The Bertz CT molecular complexity index is 370. The maximum absolute atomic E-state index is 11.3. The van der Waals surface area contributed by atoms with Crippen LogP contribution in [-0.4, -0.2) is 34.7 Å². The zero-order valence-electron chi connectivity index (χ0n) is 8.06. The van der Waals surface area contributed by atoms with Gasteiger partial charge in [-0.05, 0) is 13.0 Å². The van der Waals surface area contributed by atoms with Gasteiger partial charge in [0.2, 0.25) is 0 Å². The fourth-order valence-corrected chi connectivity index (χ4v) is 0.962. The number of carbonyl (C=O) groups is 2. The highest BCUT2D eigenvalue weighted by Gasteiger charge is 2.17. The average Bonchev–Trinajstić information content (AvgIpc) is 2.60. The van der Waals surface area contributed by atoms with E-state index in [1.54, 1.807) is 13.0 Å². The number of aliphatic hydroxyl groups is 1. The molecule has 1 aromatic rings. The smallest absolute Gasteiger partial charge is 0.334 e. The molecule has 6 heteroatoms. The number of aryl methyl sites for hydroxylation is 1. The monoisotopic (exact) mass is 213 g/mol. The van der Waals surface area contributed by atoms with Gasteiger partial charge in [0.25, 0.3) is 5.91 Å². The van der Waals surface area contributed by atoms with Crippen LogP contribution in [0, 0.1) is 6.92 Å². The Morgan fingerprint density at radius 1 is 1.60 bits per heavy atom. The average molecular weight is 213 g/mol. The van der Waals surface area contributed by atoms with Crippen LogP contribution in [0.15, 0.2) is 16.7 Å². The summed E-state index contributed by atoms with van der Waals surface area (Å²) >= 11 is 0. The van der Waals surface area contributed by atoms with Crippen LogP contribution in [0.1, 0.15) is 16.1 Å². The molecule has 0 aromatic carbocycles. The molecule has 1 rings (SSSR count). The molecule has 1 atom stereocenters. The molecule has 0 spiro atoms. The summed E-state index contributed by atoms with van der Waals surface area (Å²) in [4.78, 5) is 21.6. The Morgan fingerprint density at radius 3 is 2.73 bits per heavy atom. The van der Waals surface area contributed by atoms with Gasteiger partial charge >= 0.3 is 5.97 Å². The van der Waals surface area contributed by atoms with Gasteiger partial charge in [0, 0.05) is 5.56 Å². The van der Waals surface area contributed by atoms with Gasteiger partial charge in [-0.15, -0.1) is 0 Å². The molecule has 1 aromatic heterocycles. The molecule has 0 aliphatic rings. The number of nitrogens with one attached hydrogen (secondary N) is 1. The van der Waals surface area contributed by atoms with Gasteiger partial charge < -0.3 is 19.9 Å². The van der Waals surface area contributed by atoms with Gasteiger partial charge in [-0.2, -0.15) is 0 Å². The topological polar surface area (TPSA) is 99.8 Å². The van der Waals surface area contributed by atoms with E-state index in [-0.39, 0.29) is 12.3 Å². The Kier molecular flexibility index (Phi) is 3.46. The molecule has 0 saturated heterocycles. The standard InChI is InChI=1S/C9H11NO5/c1-5-2-3-15-7(5)8(12)10-4-6(11)9(13)14/h2-3,6,11H,4H2,1H3,(H,10,12)(H,13,14). The third-order valence-electron chi connectivity index (χ3n) is 1.81. The van der Waals surface area contributed by atoms with E-state index in [9.17, 15) is 9.59 Å². The summed E-state index contributed by atoms with van der Waals surface area (Å²) in [6, 6.07) is 1.61. The SMILES string of the molecule is Cc1ccoc1C(=O)NCC(O)C(=O)O. The Labute approximate surface area is 85.5 Å². The molecule has 0 bridgehead atoms. The normalized spacial score (nSPS) is 12.1. The minimum absolute atomic E-state index is 0.118. The highest BCUT2D eigenvalue weighted by molar-refractivity contribution is 5.93. The van der Waals surface area contributed by atoms with E-state index < -0.39 is 18.0 Å². The van der Waals surface area contributed by atoms with Crippen molar-refractivity contribution in [3.05, 3.63) is 23.7 Å². The molecule has 3 N–H and O–H groups in total. The summed E-state index contributed by atoms with van der Waals surface area (Å²) in [5.74, 6) is -1.81. The first-order valence-corrected chi connectivity index (χ1v) is 4.25. The number of rotatable bonds is 4. The number of carboxylic acid groups (broad SMARTS) is 1. The van der Waals surface area contributed by atoms with Gasteiger partial charge in [-0.3, -0.25) is 4.79 Å². The third kappa shape index (κ3) is 2.81. The second-order valence-corrected chi connectivity index (χ2v) is 3.00. The van der Waals surface area contributed by atoms with Crippen molar-refractivity contribution < 1.29 is 24.2 Å². The molecule has 1 unspecified atom stereocenters. The minimum atomic E-state index is -1.61. The number of aliphatic hydroxyl groups excluding tert-OH is 1. The molecule has 0 aliphatic heterocycles.